The Hall–Kier alpha value is -2.53. The van der Waals surface area contributed by atoms with Gasteiger partial charge in [0.25, 0.3) is 5.91 Å². The predicted molar refractivity (Wildman–Crippen MR) is 122 cm³/mol. The molecule has 5 nitrogen and oxygen atoms in total. The van der Waals surface area contributed by atoms with E-state index in [4.69, 9.17) is 11.6 Å². The van der Waals surface area contributed by atoms with E-state index in [1.54, 1.807) is 0 Å². The van der Waals surface area contributed by atoms with Crippen molar-refractivity contribution in [2.75, 3.05) is 5.32 Å². The number of fused-ring (bicyclic) bond motifs is 3. The highest BCUT2D eigenvalue weighted by Gasteiger charge is 2.60. The van der Waals surface area contributed by atoms with Crippen LogP contribution in [0.5, 0.6) is 0 Å². The van der Waals surface area contributed by atoms with Gasteiger partial charge >= 0.3 is 0 Å². The molecule has 1 heterocycles. The number of hydrogen-bond acceptors (Lipinski definition) is 3. The van der Waals surface area contributed by atoms with Gasteiger partial charge in [0.15, 0.2) is 0 Å². The number of rotatable bonds is 3. The van der Waals surface area contributed by atoms with Crippen LogP contribution in [0.4, 0.5) is 5.69 Å². The first-order valence-corrected chi connectivity index (χ1v) is 11.4. The Morgan fingerprint density at radius 2 is 2.00 bits per heavy atom. The van der Waals surface area contributed by atoms with Gasteiger partial charge in [-0.1, -0.05) is 42.8 Å². The highest BCUT2D eigenvalue weighted by molar-refractivity contribution is 6.31. The summed E-state index contributed by atoms with van der Waals surface area (Å²) >= 11 is 6.34. The van der Waals surface area contributed by atoms with Gasteiger partial charge in [0.2, 0.25) is 5.91 Å². The van der Waals surface area contributed by atoms with Crippen molar-refractivity contribution in [3.63, 3.8) is 0 Å². The summed E-state index contributed by atoms with van der Waals surface area (Å²) in [6.07, 6.45) is 3.49. The van der Waals surface area contributed by atoms with Gasteiger partial charge in [-0.3, -0.25) is 9.59 Å². The van der Waals surface area contributed by atoms with E-state index in [9.17, 15) is 9.59 Å². The number of nitrogens with one attached hydrogen (secondary N) is 3. The number of para-hydroxylation sites is 1. The number of amides is 2. The molecule has 0 radical (unpaired) electrons. The molecule has 1 spiro atoms. The Morgan fingerprint density at radius 3 is 2.77 bits per heavy atom. The predicted octanol–water partition coefficient (Wildman–Crippen LogP) is 4.64. The fraction of sp³-hybridized carbons (Fsp3) is 0.440. The van der Waals surface area contributed by atoms with Crippen LogP contribution < -0.4 is 16.0 Å². The Balaban J connectivity index is 1.35. The van der Waals surface area contributed by atoms with Gasteiger partial charge in [-0.25, -0.2) is 0 Å². The summed E-state index contributed by atoms with van der Waals surface area (Å²) in [5.74, 6) is 0.199. The standard InChI is InChI=1S/C25H28ClN3O2/c1-15-6-5-8-20(26)18(15)13-27-23(31)19-12-16-10-11-24(19,2)14-25(16)28-21-9-4-3-7-17(21)22(30)29-25/h3-9,16,19,28H,10-14H2,1-2H3,(H,27,31)(H,29,30)/t16-,19+,24+,25+/m1/s1. The SMILES string of the molecule is Cc1cccc(Cl)c1CNC(=O)[C@@H]1C[C@H]2CC[C@@]1(C)C[C@]21NC(=O)c2ccccc2N1. The summed E-state index contributed by atoms with van der Waals surface area (Å²) in [4.78, 5) is 26.1. The second-order valence-corrected chi connectivity index (χ2v) is 10.1. The zero-order valence-corrected chi connectivity index (χ0v) is 18.7. The van der Waals surface area contributed by atoms with Crippen molar-refractivity contribution >= 4 is 29.1 Å². The third kappa shape index (κ3) is 3.30. The van der Waals surface area contributed by atoms with E-state index in [1.165, 1.54) is 0 Å². The second kappa shape index (κ2) is 7.27. The first-order valence-electron chi connectivity index (χ1n) is 11.0. The van der Waals surface area contributed by atoms with Crippen LogP contribution in [0.1, 0.15) is 54.1 Å². The Kier molecular flexibility index (Phi) is 4.78. The summed E-state index contributed by atoms with van der Waals surface area (Å²) in [6, 6.07) is 13.4. The van der Waals surface area contributed by atoms with E-state index in [-0.39, 0.29) is 29.1 Å². The van der Waals surface area contributed by atoms with E-state index in [0.29, 0.717) is 17.1 Å². The molecule has 6 heteroatoms. The van der Waals surface area contributed by atoms with E-state index in [1.807, 2.05) is 49.4 Å². The van der Waals surface area contributed by atoms with Crippen LogP contribution in [0.2, 0.25) is 5.02 Å². The lowest BCUT2D eigenvalue weighted by molar-refractivity contribution is -0.139. The molecule has 3 saturated carbocycles. The molecule has 0 saturated heterocycles. The maximum atomic E-state index is 13.3. The van der Waals surface area contributed by atoms with Crippen LogP contribution in [0, 0.1) is 24.2 Å². The van der Waals surface area contributed by atoms with Crippen molar-refractivity contribution in [3.8, 4) is 0 Å². The average Bonchev–Trinajstić information content (AvgIpc) is 2.73. The van der Waals surface area contributed by atoms with Crippen molar-refractivity contribution in [1.82, 2.24) is 10.6 Å². The van der Waals surface area contributed by atoms with Crippen LogP contribution >= 0.6 is 11.6 Å². The summed E-state index contributed by atoms with van der Waals surface area (Å²) in [5, 5.41) is 10.8. The Labute approximate surface area is 187 Å². The van der Waals surface area contributed by atoms with Gasteiger partial charge in [-0.05, 0) is 67.3 Å². The maximum Gasteiger partial charge on any atom is 0.255 e. The Bertz CT molecular complexity index is 1050. The lowest BCUT2D eigenvalue weighted by Gasteiger charge is -2.60. The molecule has 0 aromatic heterocycles. The first-order chi connectivity index (χ1) is 14.8. The third-order valence-electron chi connectivity index (χ3n) is 7.78. The van der Waals surface area contributed by atoms with Gasteiger partial charge in [0.1, 0.15) is 5.66 Å². The van der Waals surface area contributed by atoms with E-state index in [0.717, 1.165) is 42.5 Å². The van der Waals surface area contributed by atoms with Crippen LogP contribution in [0.25, 0.3) is 0 Å². The largest absolute Gasteiger partial charge is 0.362 e. The number of aryl methyl sites for hydroxylation is 1. The normalized spacial score (nSPS) is 31.0. The number of benzene rings is 2. The van der Waals surface area contributed by atoms with Crippen LogP contribution in [0.15, 0.2) is 42.5 Å². The minimum Gasteiger partial charge on any atom is -0.362 e. The minimum atomic E-state index is -0.478. The molecular weight excluding hydrogens is 410 g/mol. The van der Waals surface area contributed by atoms with Crippen molar-refractivity contribution in [2.24, 2.45) is 17.3 Å². The highest BCUT2D eigenvalue weighted by atomic mass is 35.5. The Morgan fingerprint density at radius 1 is 1.19 bits per heavy atom. The molecule has 2 aromatic carbocycles. The molecular formula is C25H28ClN3O2. The van der Waals surface area contributed by atoms with E-state index < -0.39 is 5.66 Å². The van der Waals surface area contributed by atoms with Crippen LogP contribution in [0.3, 0.4) is 0 Å². The second-order valence-electron chi connectivity index (χ2n) is 9.70. The highest BCUT2D eigenvalue weighted by Crippen LogP contribution is 2.58. The fourth-order valence-electron chi connectivity index (χ4n) is 6.04. The van der Waals surface area contributed by atoms with Crippen LogP contribution in [-0.2, 0) is 11.3 Å². The smallest absolute Gasteiger partial charge is 0.255 e. The van der Waals surface area contributed by atoms with Gasteiger partial charge in [-0.2, -0.15) is 0 Å². The van der Waals surface area contributed by atoms with E-state index >= 15 is 0 Å². The minimum absolute atomic E-state index is 0.0271. The number of anilines is 1. The molecule has 4 atom stereocenters. The lowest BCUT2D eigenvalue weighted by Crippen LogP contribution is -2.70. The zero-order valence-electron chi connectivity index (χ0n) is 17.9. The van der Waals surface area contributed by atoms with Gasteiger partial charge in [-0.15, -0.1) is 0 Å². The van der Waals surface area contributed by atoms with Gasteiger partial charge < -0.3 is 16.0 Å². The zero-order chi connectivity index (χ0) is 21.8. The fourth-order valence-corrected chi connectivity index (χ4v) is 6.33. The molecule has 6 rings (SSSR count). The number of carbonyl (C=O) groups is 2. The third-order valence-corrected chi connectivity index (χ3v) is 8.13. The number of hydrogen-bond donors (Lipinski definition) is 3. The topological polar surface area (TPSA) is 70.2 Å². The molecule has 3 aliphatic carbocycles. The molecule has 2 aromatic rings. The van der Waals surface area contributed by atoms with Crippen molar-refractivity contribution in [3.05, 3.63) is 64.2 Å². The summed E-state index contributed by atoms with van der Waals surface area (Å²) in [5.41, 5.74) is 2.96. The molecule has 162 valence electrons. The summed E-state index contributed by atoms with van der Waals surface area (Å²) in [6.45, 7) is 4.65. The first kappa shape index (κ1) is 20.4. The molecule has 1 aliphatic heterocycles. The summed E-state index contributed by atoms with van der Waals surface area (Å²) < 4.78 is 0. The lowest BCUT2D eigenvalue weighted by atomic mass is 9.51. The van der Waals surface area contributed by atoms with Crippen molar-refractivity contribution in [1.29, 1.82) is 0 Å². The van der Waals surface area contributed by atoms with Gasteiger partial charge in [0, 0.05) is 29.1 Å². The van der Waals surface area contributed by atoms with Crippen molar-refractivity contribution in [2.45, 2.75) is 51.7 Å². The average molecular weight is 438 g/mol. The molecule has 3 fully saturated rings. The molecule has 4 aliphatic rings. The quantitative estimate of drug-likeness (QED) is 0.655. The maximum absolute atomic E-state index is 13.3. The van der Waals surface area contributed by atoms with Crippen LogP contribution in [-0.4, -0.2) is 17.5 Å². The van der Waals surface area contributed by atoms with Gasteiger partial charge in [0.05, 0.1) is 5.56 Å². The number of carbonyl (C=O) groups excluding carboxylic acids is 2. The summed E-state index contributed by atoms with van der Waals surface area (Å²) in [7, 11) is 0. The van der Waals surface area contributed by atoms with E-state index in [2.05, 4.69) is 22.9 Å². The number of halogens is 1. The van der Waals surface area contributed by atoms with Crippen molar-refractivity contribution < 1.29 is 9.59 Å². The molecule has 3 N–H and O–H groups in total. The molecule has 31 heavy (non-hydrogen) atoms. The monoisotopic (exact) mass is 437 g/mol. The molecule has 2 amide bonds. The molecule has 2 bridgehead atoms. The molecule has 0 unspecified atom stereocenters.